The normalized spacial score (nSPS) is 11.2. The molecule has 2 amide bonds. The standard InChI is InChI=1S/C26H28ClN3O4S/c1-18(2)16-28-26(32)22-9-5-7-11-24(22)29-25(31)19-12-14-21(15-13-19)30(35(3,33)34)17-20-8-4-6-10-23(20)27/h4-15,18H,16-17H2,1-3H3,(H,28,32)(H,29,31). The largest absolute Gasteiger partial charge is 0.352 e. The lowest BCUT2D eigenvalue weighted by Crippen LogP contribution is -2.29. The molecule has 0 radical (unpaired) electrons. The predicted octanol–water partition coefficient (Wildman–Crippen LogP) is 4.94. The molecule has 0 aromatic heterocycles. The molecule has 0 spiro atoms. The van der Waals surface area contributed by atoms with E-state index in [4.69, 9.17) is 11.6 Å². The van der Waals surface area contributed by atoms with Gasteiger partial charge in [0.05, 0.1) is 29.7 Å². The van der Waals surface area contributed by atoms with Gasteiger partial charge in [-0.15, -0.1) is 0 Å². The molecule has 0 bridgehead atoms. The number of para-hydroxylation sites is 1. The van der Waals surface area contributed by atoms with Crippen LogP contribution in [0, 0.1) is 5.92 Å². The van der Waals surface area contributed by atoms with Crippen LogP contribution in [0.2, 0.25) is 5.02 Å². The SMILES string of the molecule is CC(C)CNC(=O)c1ccccc1NC(=O)c1ccc(N(Cc2ccccc2Cl)S(C)(=O)=O)cc1. The molecule has 0 aliphatic rings. The molecule has 0 unspecified atom stereocenters. The van der Waals surface area contributed by atoms with Gasteiger partial charge in [0.2, 0.25) is 10.0 Å². The van der Waals surface area contributed by atoms with Crippen molar-refractivity contribution in [1.29, 1.82) is 0 Å². The van der Waals surface area contributed by atoms with Crippen molar-refractivity contribution in [3.8, 4) is 0 Å². The van der Waals surface area contributed by atoms with Gasteiger partial charge in [0.25, 0.3) is 11.8 Å². The first kappa shape index (κ1) is 26.2. The molecule has 0 atom stereocenters. The maximum atomic E-state index is 12.9. The number of rotatable bonds is 9. The van der Waals surface area contributed by atoms with E-state index in [2.05, 4.69) is 10.6 Å². The number of hydrogen-bond donors (Lipinski definition) is 2. The molecule has 0 aliphatic heterocycles. The van der Waals surface area contributed by atoms with E-state index in [9.17, 15) is 18.0 Å². The van der Waals surface area contributed by atoms with Crippen molar-refractivity contribution in [2.75, 3.05) is 22.4 Å². The van der Waals surface area contributed by atoms with Crippen molar-refractivity contribution in [1.82, 2.24) is 5.32 Å². The average Bonchev–Trinajstić information content (AvgIpc) is 2.81. The third-order valence-electron chi connectivity index (χ3n) is 5.18. The third kappa shape index (κ3) is 7.07. The van der Waals surface area contributed by atoms with Crippen LogP contribution in [0.1, 0.15) is 40.1 Å². The highest BCUT2D eigenvalue weighted by Gasteiger charge is 2.20. The zero-order valence-electron chi connectivity index (χ0n) is 19.8. The fourth-order valence-electron chi connectivity index (χ4n) is 3.34. The first-order valence-electron chi connectivity index (χ1n) is 11.1. The van der Waals surface area contributed by atoms with Crippen LogP contribution >= 0.6 is 11.6 Å². The second-order valence-electron chi connectivity index (χ2n) is 8.51. The maximum absolute atomic E-state index is 12.9. The van der Waals surface area contributed by atoms with Crippen molar-refractivity contribution in [3.63, 3.8) is 0 Å². The van der Waals surface area contributed by atoms with E-state index in [0.717, 1.165) is 6.26 Å². The molecule has 0 aliphatic carbocycles. The molecule has 2 N–H and O–H groups in total. The Morgan fingerprint density at radius 2 is 1.54 bits per heavy atom. The Morgan fingerprint density at radius 1 is 0.914 bits per heavy atom. The summed E-state index contributed by atoms with van der Waals surface area (Å²) in [6.07, 6.45) is 1.12. The molecule has 7 nitrogen and oxygen atoms in total. The van der Waals surface area contributed by atoms with Crippen LogP contribution < -0.4 is 14.9 Å². The van der Waals surface area contributed by atoms with Crippen LogP contribution in [0.4, 0.5) is 11.4 Å². The van der Waals surface area contributed by atoms with Crippen molar-refractivity contribution in [2.45, 2.75) is 20.4 Å². The second kappa shape index (κ2) is 11.4. The minimum atomic E-state index is -3.61. The zero-order valence-corrected chi connectivity index (χ0v) is 21.4. The van der Waals surface area contributed by atoms with E-state index in [0.29, 0.717) is 45.6 Å². The molecule has 3 aromatic rings. The van der Waals surface area contributed by atoms with E-state index in [-0.39, 0.29) is 12.5 Å². The molecule has 3 rings (SSSR count). The fourth-order valence-corrected chi connectivity index (χ4v) is 4.41. The quantitative estimate of drug-likeness (QED) is 0.423. The molecule has 0 heterocycles. The van der Waals surface area contributed by atoms with Gasteiger partial charge in [0, 0.05) is 17.1 Å². The first-order valence-corrected chi connectivity index (χ1v) is 13.3. The summed E-state index contributed by atoms with van der Waals surface area (Å²) in [5.41, 5.74) is 2.13. The van der Waals surface area contributed by atoms with E-state index in [1.165, 1.54) is 16.4 Å². The average molecular weight is 514 g/mol. The Labute approximate surface area is 211 Å². The van der Waals surface area contributed by atoms with Gasteiger partial charge in [0.15, 0.2) is 0 Å². The summed E-state index contributed by atoms with van der Waals surface area (Å²) in [4.78, 5) is 25.4. The number of carbonyl (C=O) groups is 2. The summed E-state index contributed by atoms with van der Waals surface area (Å²) in [5, 5.41) is 6.09. The number of nitrogens with zero attached hydrogens (tertiary/aromatic N) is 1. The summed E-state index contributed by atoms with van der Waals surface area (Å²) in [7, 11) is -3.61. The van der Waals surface area contributed by atoms with Gasteiger partial charge in [-0.3, -0.25) is 13.9 Å². The van der Waals surface area contributed by atoms with Gasteiger partial charge < -0.3 is 10.6 Å². The molecule has 3 aromatic carbocycles. The molecule has 0 saturated carbocycles. The lowest BCUT2D eigenvalue weighted by molar-refractivity contribution is 0.0950. The van der Waals surface area contributed by atoms with Crippen LogP contribution in [0.5, 0.6) is 0 Å². The van der Waals surface area contributed by atoms with Crippen LogP contribution in [-0.2, 0) is 16.6 Å². The molecule has 184 valence electrons. The van der Waals surface area contributed by atoms with Crippen LogP contribution in [-0.4, -0.2) is 33.0 Å². The summed E-state index contributed by atoms with van der Waals surface area (Å²) in [6.45, 7) is 4.57. The molecular weight excluding hydrogens is 486 g/mol. The van der Waals surface area contributed by atoms with Crippen LogP contribution in [0.15, 0.2) is 72.8 Å². The summed E-state index contributed by atoms with van der Waals surface area (Å²) < 4.78 is 26.2. The van der Waals surface area contributed by atoms with Crippen molar-refractivity contribution < 1.29 is 18.0 Å². The smallest absolute Gasteiger partial charge is 0.255 e. The minimum Gasteiger partial charge on any atom is -0.352 e. The Bertz CT molecular complexity index is 1310. The van der Waals surface area contributed by atoms with Gasteiger partial charge >= 0.3 is 0 Å². The highest BCUT2D eigenvalue weighted by Crippen LogP contribution is 2.25. The Balaban J connectivity index is 1.79. The number of benzene rings is 3. The van der Waals surface area contributed by atoms with Gasteiger partial charge in [0.1, 0.15) is 0 Å². The van der Waals surface area contributed by atoms with Crippen molar-refractivity contribution >= 4 is 44.8 Å². The summed E-state index contributed by atoms with van der Waals surface area (Å²) >= 11 is 6.22. The Kier molecular flexibility index (Phi) is 8.53. The number of halogens is 1. The lowest BCUT2D eigenvalue weighted by Gasteiger charge is -2.23. The van der Waals surface area contributed by atoms with Gasteiger partial charge in [-0.2, -0.15) is 0 Å². The topological polar surface area (TPSA) is 95.6 Å². The number of nitrogens with one attached hydrogen (secondary N) is 2. The molecule has 35 heavy (non-hydrogen) atoms. The van der Waals surface area contributed by atoms with Crippen LogP contribution in [0.3, 0.4) is 0 Å². The number of amides is 2. The predicted molar refractivity (Wildman–Crippen MR) is 140 cm³/mol. The highest BCUT2D eigenvalue weighted by molar-refractivity contribution is 7.92. The maximum Gasteiger partial charge on any atom is 0.255 e. The lowest BCUT2D eigenvalue weighted by atomic mass is 10.1. The molecule has 0 fully saturated rings. The van der Waals surface area contributed by atoms with Crippen LogP contribution in [0.25, 0.3) is 0 Å². The summed E-state index contributed by atoms with van der Waals surface area (Å²) in [5.74, 6) is -0.394. The van der Waals surface area contributed by atoms with Gasteiger partial charge in [-0.25, -0.2) is 8.42 Å². The van der Waals surface area contributed by atoms with Crippen molar-refractivity contribution in [3.05, 3.63) is 94.5 Å². The Morgan fingerprint density at radius 3 is 2.17 bits per heavy atom. The molecule has 9 heteroatoms. The number of anilines is 2. The van der Waals surface area contributed by atoms with E-state index >= 15 is 0 Å². The Hall–Kier alpha value is -3.36. The fraction of sp³-hybridized carbons (Fsp3) is 0.231. The van der Waals surface area contributed by atoms with Gasteiger partial charge in [-0.1, -0.05) is 55.8 Å². The monoisotopic (exact) mass is 513 g/mol. The minimum absolute atomic E-state index is 0.0584. The molecule has 0 saturated heterocycles. The summed E-state index contributed by atoms with van der Waals surface area (Å²) in [6, 6.07) is 20.0. The third-order valence-corrected chi connectivity index (χ3v) is 6.69. The van der Waals surface area contributed by atoms with Gasteiger partial charge in [-0.05, 0) is 53.9 Å². The van der Waals surface area contributed by atoms with E-state index in [1.807, 2.05) is 13.8 Å². The number of sulfonamides is 1. The van der Waals surface area contributed by atoms with E-state index < -0.39 is 15.9 Å². The van der Waals surface area contributed by atoms with E-state index in [1.54, 1.807) is 60.7 Å². The van der Waals surface area contributed by atoms with Crippen molar-refractivity contribution in [2.24, 2.45) is 5.92 Å². The molecular formula is C26H28ClN3O4S. The second-order valence-corrected chi connectivity index (χ2v) is 10.8. The first-order chi connectivity index (χ1) is 16.6. The zero-order chi connectivity index (χ0) is 25.6. The number of hydrogen-bond acceptors (Lipinski definition) is 4. The number of carbonyl (C=O) groups excluding carboxylic acids is 2. The highest BCUT2D eigenvalue weighted by atomic mass is 35.5.